The lowest BCUT2D eigenvalue weighted by atomic mass is 10.0. The molecule has 0 spiro atoms. The third kappa shape index (κ3) is 4.96. The fourth-order valence-corrected chi connectivity index (χ4v) is 4.36. The van der Waals surface area contributed by atoms with Crippen molar-refractivity contribution in [2.24, 2.45) is 0 Å². The summed E-state index contributed by atoms with van der Waals surface area (Å²) in [6.45, 7) is 3.22. The van der Waals surface area contributed by atoms with E-state index >= 15 is 0 Å². The molecule has 128 valence electrons. The van der Waals surface area contributed by atoms with Gasteiger partial charge in [-0.1, -0.05) is 38.0 Å². The first-order chi connectivity index (χ1) is 11.0. The first-order valence-electron chi connectivity index (χ1n) is 8.39. The highest BCUT2D eigenvalue weighted by atomic mass is 32.2. The van der Waals surface area contributed by atoms with Gasteiger partial charge in [0.15, 0.2) is 0 Å². The zero-order valence-electron chi connectivity index (χ0n) is 13.8. The molecule has 0 saturated carbocycles. The van der Waals surface area contributed by atoms with Crippen molar-refractivity contribution < 1.29 is 13.2 Å². The maximum Gasteiger partial charge on any atom is 0.235 e. The fourth-order valence-electron chi connectivity index (χ4n) is 2.81. The van der Waals surface area contributed by atoms with Gasteiger partial charge in [-0.15, -0.1) is 0 Å². The molecule has 0 saturated heterocycles. The molecular weight excluding hydrogens is 312 g/mol. The SMILES string of the molecule is CCCCCNC(=O)CCS(=O)(=O)N1CCCc2ccccc21. The van der Waals surface area contributed by atoms with Gasteiger partial charge in [0.2, 0.25) is 15.9 Å². The number of hydrogen-bond acceptors (Lipinski definition) is 3. The highest BCUT2D eigenvalue weighted by Gasteiger charge is 2.27. The van der Waals surface area contributed by atoms with E-state index in [-0.39, 0.29) is 18.1 Å². The molecule has 23 heavy (non-hydrogen) atoms. The van der Waals surface area contributed by atoms with Crippen molar-refractivity contribution in [2.45, 2.75) is 45.4 Å². The first kappa shape index (κ1) is 17.8. The normalized spacial score (nSPS) is 14.4. The number of fused-ring (bicyclic) bond motifs is 1. The van der Waals surface area contributed by atoms with Crippen molar-refractivity contribution in [1.82, 2.24) is 5.32 Å². The quantitative estimate of drug-likeness (QED) is 0.741. The van der Waals surface area contributed by atoms with E-state index in [1.165, 1.54) is 4.31 Å². The van der Waals surface area contributed by atoms with Gasteiger partial charge in [0, 0.05) is 19.5 Å². The molecule has 1 aliphatic rings. The maximum atomic E-state index is 12.6. The molecule has 0 radical (unpaired) electrons. The summed E-state index contributed by atoms with van der Waals surface area (Å²) in [4.78, 5) is 11.8. The van der Waals surface area contributed by atoms with Gasteiger partial charge in [0.05, 0.1) is 11.4 Å². The van der Waals surface area contributed by atoms with Crippen LogP contribution in [0, 0.1) is 0 Å². The molecule has 1 amide bonds. The summed E-state index contributed by atoms with van der Waals surface area (Å²) in [5.41, 5.74) is 1.83. The molecule has 1 heterocycles. The number of benzene rings is 1. The van der Waals surface area contributed by atoms with E-state index in [4.69, 9.17) is 0 Å². The van der Waals surface area contributed by atoms with Gasteiger partial charge in [0.25, 0.3) is 0 Å². The Bertz CT molecular complexity index is 628. The number of carbonyl (C=O) groups is 1. The minimum Gasteiger partial charge on any atom is -0.356 e. The molecule has 0 unspecified atom stereocenters. The third-order valence-corrected chi connectivity index (χ3v) is 5.86. The van der Waals surface area contributed by atoms with E-state index in [9.17, 15) is 13.2 Å². The number of para-hydroxylation sites is 1. The highest BCUT2D eigenvalue weighted by Crippen LogP contribution is 2.29. The van der Waals surface area contributed by atoms with Crippen LogP contribution in [0.1, 0.15) is 44.6 Å². The summed E-state index contributed by atoms with van der Waals surface area (Å²) < 4.78 is 26.6. The van der Waals surface area contributed by atoms with Gasteiger partial charge in [0.1, 0.15) is 0 Å². The summed E-state index contributed by atoms with van der Waals surface area (Å²) >= 11 is 0. The molecule has 1 N–H and O–H groups in total. The number of hydrogen-bond donors (Lipinski definition) is 1. The lowest BCUT2D eigenvalue weighted by Gasteiger charge is -2.30. The Kier molecular flexibility index (Phi) is 6.45. The summed E-state index contributed by atoms with van der Waals surface area (Å²) in [5, 5.41) is 2.79. The molecule has 6 heteroatoms. The Hall–Kier alpha value is -1.56. The Morgan fingerprint density at radius 1 is 1.26 bits per heavy atom. The van der Waals surface area contributed by atoms with Crippen LogP contribution in [0.5, 0.6) is 0 Å². The van der Waals surface area contributed by atoms with Crippen LogP contribution in [-0.2, 0) is 21.2 Å². The van der Waals surface area contributed by atoms with Crippen molar-refractivity contribution in [3.8, 4) is 0 Å². The molecule has 0 fully saturated rings. The molecule has 0 aromatic heterocycles. The van der Waals surface area contributed by atoms with Crippen LogP contribution in [0.4, 0.5) is 5.69 Å². The fraction of sp³-hybridized carbons (Fsp3) is 0.588. The van der Waals surface area contributed by atoms with Crippen LogP contribution < -0.4 is 9.62 Å². The Balaban J connectivity index is 1.91. The van der Waals surface area contributed by atoms with Gasteiger partial charge < -0.3 is 5.32 Å². The molecule has 0 aliphatic carbocycles. The second kappa shape index (κ2) is 8.34. The molecule has 1 aliphatic heterocycles. The zero-order chi connectivity index (χ0) is 16.7. The first-order valence-corrected chi connectivity index (χ1v) is 10.0. The predicted octanol–water partition coefficient (Wildman–Crippen LogP) is 2.47. The number of anilines is 1. The Labute approximate surface area is 139 Å². The Morgan fingerprint density at radius 3 is 2.83 bits per heavy atom. The number of amides is 1. The number of rotatable bonds is 8. The summed E-state index contributed by atoms with van der Waals surface area (Å²) in [5.74, 6) is -0.323. The van der Waals surface area contributed by atoms with Crippen LogP contribution in [0.15, 0.2) is 24.3 Å². The van der Waals surface area contributed by atoms with Crippen LogP contribution in [0.2, 0.25) is 0 Å². The van der Waals surface area contributed by atoms with Gasteiger partial charge in [-0.3, -0.25) is 9.10 Å². The number of sulfonamides is 1. The van der Waals surface area contributed by atoms with Gasteiger partial charge >= 0.3 is 0 Å². The lowest BCUT2D eigenvalue weighted by molar-refractivity contribution is -0.120. The average molecular weight is 338 g/mol. The maximum absolute atomic E-state index is 12.6. The van der Waals surface area contributed by atoms with Crippen molar-refractivity contribution in [3.63, 3.8) is 0 Å². The lowest BCUT2D eigenvalue weighted by Crippen LogP contribution is -2.38. The highest BCUT2D eigenvalue weighted by molar-refractivity contribution is 7.92. The van der Waals surface area contributed by atoms with Crippen molar-refractivity contribution in [3.05, 3.63) is 29.8 Å². The minimum atomic E-state index is -3.45. The van der Waals surface area contributed by atoms with E-state index in [0.717, 1.165) is 43.4 Å². The molecular formula is C17H26N2O3S. The van der Waals surface area contributed by atoms with E-state index in [1.54, 1.807) is 0 Å². The number of carbonyl (C=O) groups excluding carboxylic acids is 1. The molecule has 0 bridgehead atoms. The van der Waals surface area contributed by atoms with Gasteiger partial charge in [-0.25, -0.2) is 8.42 Å². The number of aryl methyl sites for hydroxylation is 1. The van der Waals surface area contributed by atoms with Crippen LogP contribution >= 0.6 is 0 Å². The second-order valence-electron chi connectivity index (χ2n) is 5.93. The van der Waals surface area contributed by atoms with Crippen LogP contribution in [0.3, 0.4) is 0 Å². The van der Waals surface area contributed by atoms with E-state index in [1.807, 2.05) is 24.3 Å². The topological polar surface area (TPSA) is 66.5 Å². The van der Waals surface area contributed by atoms with Gasteiger partial charge in [-0.05, 0) is 30.9 Å². The molecule has 1 aromatic rings. The molecule has 2 rings (SSSR count). The van der Waals surface area contributed by atoms with Crippen molar-refractivity contribution in [1.29, 1.82) is 0 Å². The predicted molar refractivity (Wildman–Crippen MR) is 93.0 cm³/mol. The average Bonchev–Trinajstić information content (AvgIpc) is 2.56. The Morgan fingerprint density at radius 2 is 2.04 bits per heavy atom. The number of nitrogens with one attached hydrogen (secondary N) is 1. The number of nitrogens with zero attached hydrogens (tertiary/aromatic N) is 1. The largest absolute Gasteiger partial charge is 0.356 e. The van der Waals surface area contributed by atoms with E-state index in [2.05, 4.69) is 12.2 Å². The third-order valence-electron chi connectivity index (χ3n) is 4.09. The monoisotopic (exact) mass is 338 g/mol. The van der Waals surface area contributed by atoms with Crippen molar-refractivity contribution in [2.75, 3.05) is 23.1 Å². The molecule has 1 aromatic carbocycles. The zero-order valence-corrected chi connectivity index (χ0v) is 14.6. The smallest absolute Gasteiger partial charge is 0.235 e. The standard InChI is InChI=1S/C17H26N2O3S/c1-2-3-6-12-18-17(20)11-14-23(21,22)19-13-7-9-15-8-4-5-10-16(15)19/h4-5,8,10H,2-3,6-7,9,11-14H2,1H3,(H,18,20). The minimum absolute atomic E-state index is 0.0210. The molecule has 5 nitrogen and oxygen atoms in total. The van der Waals surface area contributed by atoms with Crippen LogP contribution in [0.25, 0.3) is 0 Å². The number of unbranched alkanes of at least 4 members (excludes halogenated alkanes) is 2. The second-order valence-corrected chi connectivity index (χ2v) is 7.94. The van der Waals surface area contributed by atoms with E-state index < -0.39 is 10.0 Å². The van der Waals surface area contributed by atoms with Crippen molar-refractivity contribution >= 4 is 21.6 Å². The van der Waals surface area contributed by atoms with Gasteiger partial charge in [-0.2, -0.15) is 0 Å². The van der Waals surface area contributed by atoms with E-state index in [0.29, 0.717) is 13.1 Å². The molecule has 0 atom stereocenters. The summed E-state index contributed by atoms with van der Waals surface area (Å²) in [6, 6.07) is 7.60. The summed E-state index contributed by atoms with van der Waals surface area (Å²) in [7, 11) is -3.45. The van der Waals surface area contributed by atoms with Crippen LogP contribution in [-0.4, -0.2) is 33.2 Å². The summed E-state index contributed by atoms with van der Waals surface area (Å²) in [6.07, 6.45) is 4.85.